The lowest BCUT2D eigenvalue weighted by molar-refractivity contribution is 0.0520. The second-order valence-electron chi connectivity index (χ2n) is 6.80. The molecule has 1 unspecified atom stereocenters. The Balaban J connectivity index is 1.71. The number of aromatic nitrogens is 2. The molecule has 136 valence electrons. The highest BCUT2D eigenvalue weighted by molar-refractivity contribution is 5.95. The van der Waals surface area contributed by atoms with Gasteiger partial charge < -0.3 is 4.74 Å². The number of carbonyl (C=O) groups is 1. The van der Waals surface area contributed by atoms with Crippen LogP contribution in [0.15, 0.2) is 61.1 Å². The third kappa shape index (κ3) is 3.47. The van der Waals surface area contributed by atoms with Crippen LogP contribution in [0, 0.1) is 0 Å². The van der Waals surface area contributed by atoms with Gasteiger partial charge in [0.1, 0.15) is 6.33 Å². The smallest absolute Gasteiger partial charge is 0.357 e. The van der Waals surface area contributed by atoms with Gasteiger partial charge in [-0.05, 0) is 54.4 Å². The number of ether oxygens (including phenoxy) is 1. The maximum Gasteiger partial charge on any atom is 0.357 e. The maximum absolute atomic E-state index is 12.3. The van der Waals surface area contributed by atoms with Crippen molar-refractivity contribution >= 4 is 5.97 Å². The van der Waals surface area contributed by atoms with Gasteiger partial charge in [-0.1, -0.05) is 48.5 Å². The fraction of sp³-hybridized carbons (Fsp3) is 0.261. The molecule has 1 aliphatic rings. The number of nitrogens with zero attached hydrogens (tertiary/aromatic N) is 2. The molecule has 0 amide bonds. The van der Waals surface area contributed by atoms with Gasteiger partial charge in [-0.15, -0.1) is 0 Å². The van der Waals surface area contributed by atoms with Crippen molar-refractivity contribution in [1.82, 2.24) is 9.97 Å². The van der Waals surface area contributed by atoms with Crippen LogP contribution in [0.4, 0.5) is 0 Å². The van der Waals surface area contributed by atoms with Crippen LogP contribution in [-0.2, 0) is 17.6 Å². The van der Waals surface area contributed by atoms with Crippen molar-refractivity contribution in [3.05, 3.63) is 83.4 Å². The minimum Gasteiger partial charge on any atom is -0.461 e. The monoisotopic (exact) mass is 358 g/mol. The molecule has 4 nitrogen and oxygen atoms in total. The van der Waals surface area contributed by atoms with Gasteiger partial charge in [0.05, 0.1) is 6.61 Å². The molecule has 0 fully saturated rings. The molecule has 0 radical (unpaired) electrons. The van der Waals surface area contributed by atoms with Crippen molar-refractivity contribution in [2.24, 2.45) is 0 Å². The van der Waals surface area contributed by atoms with E-state index in [4.69, 9.17) is 4.74 Å². The first-order valence-corrected chi connectivity index (χ1v) is 9.41. The standard InChI is InChI=1S/C23H22N2O2/c1-2-27-23(26)22-21(14-24-15-25-22)20-10-6-9-18-13-17(11-12-19(18)20)16-7-4-3-5-8-16/h3-10,14-15,17H,2,11-13H2,1H3. The molecule has 1 atom stereocenters. The highest BCUT2D eigenvalue weighted by atomic mass is 16.5. The number of carbonyl (C=O) groups excluding carboxylic acids is 1. The van der Waals surface area contributed by atoms with Crippen LogP contribution in [0.2, 0.25) is 0 Å². The minimum absolute atomic E-state index is 0.327. The van der Waals surface area contributed by atoms with Gasteiger partial charge in [0, 0.05) is 11.8 Å². The molecule has 0 bridgehead atoms. The van der Waals surface area contributed by atoms with Gasteiger partial charge in [-0.3, -0.25) is 0 Å². The van der Waals surface area contributed by atoms with Gasteiger partial charge in [-0.2, -0.15) is 0 Å². The predicted octanol–water partition coefficient (Wildman–Crippen LogP) is 4.59. The number of hydrogen-bond donors (Lipinski definition) is 0. The zero-order valence-corrected chi connectivity index (χ0v) is 15.4. The summed E-state index contributed by atoms with van der Waals surface area (Å²) in [4.78, 5) is 20.7. The van der Waals surface area contributed by atoms with Crippen molar-refractivity contribution in [2.45, 2.75) is 32.1 Å². The SMILES string of the molecule is CCOC(=O)c1ncncc1-c1cccc2c1CCC(c1ccccc1)C2. The number of rotatable bonds is 4. The normalized spacial score (nSPS) is 15.8. The fourth-order valence-corrected chi connectivity index (χ4v) is 3.96. The minimum atomic E-state index is -0.398. The van der Waals surface area contributed by atoms with Crippen LogP contribution in [0.3, 0.4) is 0 Å². The Morgan fingerprint density at radius 2 is 1.96 bits per heavy atom. The summed E-state index contributed by atoms with van der Waals surface area (Å²) in [5.41, 5.74) is 6.17. The molecule has 1 heterocycles. The Hall–Kier alpha value is -3.01. The lowest BCUT2D eigenvalue weighted by atomic mass is 9.78. The molecule has 0 N–H and O–H groups in total. The van der Waals surface area contributed by atoms with Crippen molar-refractivity contribution in [1.29, 1.82) is 0 Å². The van der Waals surface area contributed by atoms with E-state index in [1.807, 2.05) is 0 Å². The van der Waals surface area contributed by atoms with Crippen molar-refractivity contribution in [3.8, 4) is 11.1 Å². The first kappa shape index (κ1) is 17.4. The predicted molar refractivity (Wildman–Crippen MR) is 105 cm³/mol. The van der Waals surface area contributed by atoms with Crippen molar-refractivity contribution in [2.75, 3.05) is 6.61 Å². The highest BCUT2D eigenvalue weighted by Gasteiger charge is 2.24. The fourth-order valence-electron chi connectivity index (χ4n) is 3.96. The Bertz CT molecular complexity index is 954. The van der Waals surface area contributed by atoms with Gasteiger partial charge in [-0.25, -0.2) is 14.8 Å². The zero-order valence-electron chi connectivity index (χ0n) is 15.4. The Labute approximate surface area is 159 Å². The summed E-state index contributed by atoms with van der Waals surface area (Å²) in [5.74, 6) is 0.135. The summed E-state index contributed by atoms with van der Waals surface area (Å²) < 4.78 is 5.18. The molecule has 0 aliphatic heterocycles. The molecule has 1 aliphatic carbocycles. The summed E-state index contributed by atoms with van der Waals surface area (Å²) in [6, 6.07) is 17.0. The van der Waals surface area contributed by atoms with Crippen LogP contribution in [0.1, 0.15) is 46.4 Å². The van der Waals surface area contributed by atoms with Crippen LogP contribution in [0.25, 0.3) is 11.1 Å². The Morgan fingerprint density at radius 1 is 1.11 bits per heavy atom. The largest absolute Gasteiger partial charge is 0.461 e. The Kier molecular flexibility index (Phi) is 4.97. The molecule has 0 saturated carbocycles. The van der Waals surface area contributed by atoms with E-state index in [0.717, 1.165) is 30.4 Å². The van der Waals surface area contributed by atoms with E-state index in [2.05, 4.69) is 58.5 Å². The molecular weight excluding hydrogens is 336 g/mol. The third-order valence-electron chi connectivity index (χ3n) is 5.22. The molecule has 4 rings (SSSR count). The van der Waals surface area contributed by atoms with Crippen LogP contribution < -0.4 is 0 Å². The van der Waals surface area contributed by atoms with E-state index in [1.165, 1.54) is 23.0 Å². The summed E-state index contributed by atoms with van der Waals surface area (Å²) in [6.07, 6.45) is 6.20. The molecule has 0 saturated heterocycles. The molecule has 1 aromatic heterocycles. The summed E-state index contributed by atoms with van der Waals surface area (Å²) in [6.45, 7) is 2.13. The average molecular weight is 358 g/mol. The number of benzene rings is 2. The van der Waals surface area contributed by atoms with E-state index in [-0.39, 0.29) is 0 Å². The first-order chi connectivity index (χ1) is 13.3. The molecule has 4 heteroatoms. The average Bonchev–Trinajstić information content (AvgIpc) is 2.74. The lowest BCUT2D eigenvalue weighted by Crippen LogP contribution is -2.15. The highest BCUT2D eigenvalue weighted by Crippen LogP contribution is 2.37. The molecule has 2 aromatic carbocycles. The maximum atomic E-state index is 12.3. The summed E-state index contributed by atoms with van der Waals surface area (Å²) >= 11 is 0. The van der Waals surface area contributed by atoms with Crippen LogP contribution in [-0.4, -0.2) is 22.5 Å². The number of fused-ring (bicyclic) bond motifs is 1. The van der Waals surface area contributed by atoms with Crippen LogP contribution in [0.5, 0.6) is 0 Å². The van der Waals surface area contributed by atoms with E-state index in [1.54, 1.807) is 13.1 Å². The van der Waals surface area contributed by atoms with Gasteiger partial charge in [0.2, 0.25) is 0 Å². The second kappa shape index (κ2) is 7.70. The first-order valence-electron chi connectivity index (χ1n) is 9.41. The van der Waals surface area contributed by atoms with E-state index >= 15 is 0 Å². The molecule has 0 spiro atoms. The summed E-state index contributed by atoms with van der Waals surface area (Å²) in [7, 11) is 0. The van der Waals surface area contributed by atoms with Crippen molar-refractivity contribution in [3.63, 3.8) is 0 Å². The second-order valence-corrected chi connectivity index (χ2v) is 6.80. The zero-order chi connectivity index (χ0) is 18.6. The quantitative estimate of drug-likeness (QED) is 0.640. The molecular formula is C23H22N2O2. The third-order valence-corrected chi connectivity index (χ3v) is 5.22. The van der Waals surface area contributed by atoms with E-state index in [0.29, 0.717) is 18.2 Å². The van der Waals surface area contributed by atoms with E-state index < -0.39 is 5.97 Å². The van der Waals surface area contributed by atoms with Gasteiger partial charge in [0.25, 0.3) is 0 Å². The number of hydrogen-bond acceptors (Lipinski definition) is 4. The lowest BCUT2D eigenvalue weighted by Gasteiger charge is -2.27. The molecule has 27 heavy (non-hydrogen) atoms. The number of esters is 1. The van der Waals surface area contributed by atoms with E-state index in [9.17, 15) is 4.79 Å². The van der Waals surface area contributed by atoms with Gasteiger partial charge in [0.15, 0.2) is 5.69 Å². The topological polar surface area (TPSA) is 52.1 Å². The van der Waals surface area contributed by atoms with Gasteiger partial charge >= 0.3 is 5.97 Å². The Morgan fingerprint density at radius 3 is 2.78 bits per heavy atom. The van der Waals surface area contributed by atoms with Crippen LogP contribution >= 0.6 is 0 Å². The summed E-state index contributed by atoms with van der Waals surface area (Å²) in [5, 5.41) is 0. The molecule has 3 aromatic rings. The van der Waals surface area contributed by atoms with Crippen molar-refractivity contribution < 1.29 is 9.53 Å².